The minimum atomic E-state index is -4.64. The van der Waals surface area contributed by atoms with E-state index in [1.165, 1.54) is 6.07 Å². The number of urea groups is 1. The fraction of sp³-hybridized carbons (Fsp3) is 0.130. The molecule has 0 radical (unpaired) electrons. The Morgan fingerprint density at radius 3 is 2.26 bits per heavy atom. The summed E-state index contributed by atoms with van der Waals surface area (Å²) in [7, 11) is 0. The summed E-state index contributed by atoms with van der Waals surface area (Å²) in [6.07, 6.45) is -2.97. The van der Waals surface area contributed by atoms with Crippen molar-refractivity contribution in [3.05, 3.63) is 82.9 Å². The van der Waals surface area contributed by atoms with Crippen molar-refractivity contribution in [1.29, 1.82) is 0 Å². The number of anilines is 2. The standard InChI is InChI=1S/C23H18ClF3N6O2/c1-13-14(2)33(12-28-13)20-9-10-21(32-31-20)35-17-6-3-15(4-7-17)29-22(34)30-16-5-8-19(24)18(11-16)23(25,26)27/h3-12H,1-2H3,(H2,29,30,34). The largest absolute Gasteiger partial charge is 0.438 e. The van der Waals surface area contributed by atoms with E-state index in [-0.39, 0.29) is 11.6 Å². The summed E-state index contributed by atoms with van der Waals surface area (Å²) in [6, 6.07) is 12.1. The number of benzene rings is 2. The Hall–Kier alpha value is -4.12. The summed E-state index contributed by atoms with van der Waals surface area (Å²) in [5.41, 5.74) is 1.16. The Morgan fingerprint density at radius 2 is 1.66 bits per heavy atom. The van der Waals surface area contributed by atoms with Gasteiger partial charge in [0, 0.05) is 23.1 Å². The quantitative estimate of drug-likeness (QED) is 0.330. The van der Waals surface area contributed by atoms with Gasteiger partial charge >= 0.3 is 12.2 Å². The van der Waals surface area contributed by atoms with E-state index in [1.807, 2.05) is 18.4 Å². The zero-order valence-electron chi connectivity index (χ0n) is 18.4. The molecule has 0 saturated heterocycles. The first-order chi connectivity index (χ1) is 16.6. The van der Waals surface area contributed by atoms with E-state index in [9.17, 15) is 18.0 Å². The highest BCUT2D eigenvalue weighted by Crippen LogP contribution is 2.36. The fourth-order valence-electron chi connectivity index (χ4n) is 3.07. The van der Waals surface area contributed by atoms with Gasteiger partial charge in [0.2, 0.25) is 5.88 Å². The average molecular weight is 503 g/mol. The number of carbonyl (C=O) groups excluding carboxylic acids is 1. The molecule has 4 rings (SSSR count). The molecule has 2 aromatic carbocycles. The van der Waals surface area contributed by atoms with Crippen LogP contribution in [0.4, 0.5) is 29.3 Å². The molecule has 0 fully saturated rings. The zero-order valence-corrected chi connectivity index (χ0v) is 19.1. The first-order valence-corrected chi connectivity index (χ1v) is 10.6. The van der Waals surface area contributed by atoms with Gasteiger partial charge in [0.25, 0.3) is 0 Å². The molecule has 0 aliphatic carbocycles. The summed E-state index contributed by atoms with van der Waals surface area (Å²) in [4.78, 5) is 16.4. The molecular formula is C23H18ClF3N6O2. The highest BCUT2D eigenvalue weighted by molar-refractivity contribution is 6.31. The van der Waals surface area contributed by atoms with Crippen LogP contribution in [-0.4, -0.2) is 25.8 Å². The SMILES string of the molecule is Cc1ncn(-c2ccc(Oc3ccc(NC(=O)Nc4ccc(Cl)c(C(F)(F)F)c4)cc3)nn2)c1C. The summed E-state index contributed by atoms with van der Waals surface area (Å²) in [5.74, 6) is 1.31. The molecule has 180 valence electrons. The predicted octanol–water partition coefficient (Wildman–Crippen LogP) is 6.39. The highest BCUT2D eigenvalue weighted by atomic mass is 35.5. The van der Waals surface area contributed by atoms with E-state index in [4.69, 9.17) is 16.3 Å². The maximum atomic E-state index is 13.0. The number of amides is 2. The van der Waals surface area contributed by atoms with Gasteiger partial charge in [0.05, 0.1) is 16.3 Å². The lowest BCUT2D eigenvalue weighted by molar-refractivity contribution is -0.137. The van der Waals surface area contributed by atoms with Crippen molar-refractivity contribution in [2.45, 2.75) is 20.0 Å². The topological polar surface area (TPSA) is 94.0 Å². The van der Waals surface area contributed by atoms with Crippen LogP contribution >= 0.6 is 11.6 Å². The van der Waals surface area contributed by atoms with Gasteiger partial charge in [-0.3, -0.25) is 4.57 Å². The number of aryl methyl sites for hydroxylation is 1. The molecule has 2 N–H and O–H groups in total. The summed E-state index contributed by atoms with van der Waals surface area (Å²) >= 11 is 5.59. The molecular weight excluding hydrogens is 485 g/mol. The lowest BCUT2D eigenvalue weighted by atomic mass is 10.2. The molecule has 0 aliphatic heterocycles. The normalized spacial score (nSPS) is 11.3. The molecule has 35 heavy (non-hydrogen) atoms. The third-order valence-electron chi connectivity index (χ3n) is 4.99. The van der Waals surface area contributed by atoms with Crippen LogP contribution in [0.25, 0.3) is 5.82 Å². The molecule has 4 aromatic rings. The van der Waals surface area contributed by atoms with Crippen molar-refractivity contribution in [2.24, 2.45) is 0 Å². The van der Waals surface area contributed by atoms with E-state index < -0.39 is 22.8 Å². The molecule has 0 atom stereocenters. The number of ether oxygens (including phenoxy) is 1. The van der Waals surface area contributed by atoms with E-state index >= 15 is 0 Å². The monoisotopic (exact) mass is 502 g/mol. The number of aromatic nitrogens is 4. The lowest BCUT2D eigenvalue weighted by Gasteiger charge is -2.12. The smallest absolute Gasteiger partial charge is 0.417 e. The molecule has 12 heteroatoms. The van der Waals surface area contributed by atoms with Gasteiger partial charge in [-0.25, -0.2) is 9.78 Å². The number of nitrogens with one attached hydrogen (secondary N) is 2. The van der Waals surface area contributed by atoms with E-state index in [0.717, 1.165) is 23.5 Å². The maximum absolute atomic E-state index is 13.0. The van der Waals surface area contributed by atoms with E-state index in [2.05, 4.69) is 25.8 Å². The van der Waals surface area contributed by atoms with Crippen molar-refractivity contribution in [3.8, 4) is 17.4 Å². The van der Waals surface area contributed by atoms with Crippen LogP contribution in [0.2, 0.25) is 5.02 Å². The van der Waals surface area contributed by atoms with Crippen LogP contribution < -0.4 is 15.4 Å². The van der Waals surface area contributed by atoms with Gasteiger partial charge in [-0.1, -0.05) is 11.6 Å². The number of nitrogens with zero attached hydrogens (tertiary/aromatic N) is 4. The van der Waals surface area contributed by atoms with Gasteiger partial charge in [-0.15, -0.1) is 10.2 Å². The van der Waals surface area contributed by atoms with Crippen LogP contribution in [0, 0.1) is 13.8 Å². The molecule has 2 aromatic heterocycles. The molecule has 0 aliphatic rings. The number of hydrogen-bond acceptors (Lipinski definition) is 5. The Morgan fingerprint density at radius 1 is 0.971 bits per heavy atom. The van der Waals surface area contributed by atoms with Crippen molar-refractivity contribution < 1.29 is 22.7 Å². The number of carbonyl (C=O) groups is 1. The van der Waals surface area contributed by atoms with Gasteiger partial charge in [0.15, 0.2) is 5.82 Å². The number of hydrogen-bond donors (Lipinski definition) is 2. The highest BCUT2D eigenvalue weighted by Gasteiger charge is 2.33. The molecule has 0 unspecified atom stereocenters. The van der Waals surface area contributed by atoms with E-state index in [0.29, 0.717) is 17.3 Å². The fourth-order valence-corrected chi connectivity index (χ4v) is 3.29. The summed E-state index contributed by atoms with van der Waals surface area (Å²) in [6.45, 7) is 3.83. The minimum absolute atomic E-state index is 0.0535. The lowest BCUT2D eigenvalue weighted by Crippen LogP contribution is -2.19. The predicted molar refractivity (Wildman–Crippen MR) is 124 cm³/mol. The molecule has 2 heterocycles. The van der Waals surface area contributed by atoms with Crippen molar-refractivity contribution in [1.82, 2.24) is 19.7 Å². The minimum Gasteiger partial charge on any atom is -0.438 e. The second kappa shape index (κ2) is 9.63. The Labute approximate surface area is 202 Å². The van der Waals surface area contributed by atoms with Crippen molar-refractivity contribution in [2.75, 3.05) is 10.6 Å². The number of rotatable bonds is 5. The van der Waals surface area contributed by atoms with Gasteiger partial charge in [-0.05, 0) is 62.4 Å². The van der Waals surface area contributed by atoms with Crippen molar-refractivity contribution >= 4 is 29.0 Å². The first-order valence-electron chi connectivity index (χ1n) is 10.2. The van der Waals surface area contributed by atoms with Gasteiger partial charge in [0.1, 0.15) is 12.1 Å². The number of halogens is 4. The second-order valence-corrected chi connectivity index (χ2v) is 7.82. The van der Waals surface area contributed by atoms with Crippen LogP contribution in [0.3, 0.4) is 0 Å². The average Bonchev–Trinajstić information content (AvgIpc) is 3.14. The van der Waals surface area contributed by atoms with Gasteiger partial charge in [-0.2, -0.15) is 13.2 Å². The van der Waals surface area contributed by atoms with Crippen molar-refractivity contribution in [3.63, 3.8) is 0 Å². The third-order valence-corrected chi connectivity index (χ3v) is 5.32. The maximum Gasteiger partial charge on any atom is 0.417 e. The van der Waals surface area contributed by atoms with Crippen LogP contribution in [0.15, 0.2) is 60.9 Å². The summed E-state index contributed by atoms with van der Waals surface area (Å²) in [5, 5.41) is 12.6. The van der Waals surface area contributed by atoms with E-state index in [1.54, 1.807) is 42.7 Å². The van der Waals surface area contributed by atoms with Crippen LogP contribution in [-0.2, 0) is 6.18 Å². The zero-order chi connectivity index (χ0) is 25.2. The number of alkyl halides is 3. The summed E-state index contributed by atoms with van der Waals surface area (Å²) < 4.78 is 46.4. The molecule has 0 bridgehead atoms. The molecule has 2 amide bonds. The number of imidazole rings is 1. The second-order valence-electron chi connectivity index (χ2n) is 7.41. The van der Waals surface area contributed by atoms with Crippen LogP contribution in [0.1, 0.15) is 17.0 Å². The molecule has 0 spiro atoms. The third kappa shape index (κ3) is 5.69. The Bertz CT molecular complexity index is 1360. The Balaban J connectivity index is 1.36. The molecule has 8 nitrogen and oxygen atoms in total. The van der Waals surface area contributed by atoms with Crippen LogP contribution in [0.5, 0.6) is 11.6 Å². The Kier molecular flexibility index (Phi) is 6.61. The first kappa shape index (κ1) is 24.0. The van der Waals surface area contributed by atoms with Gasteiger partial charge < -0.3 is 15.4 Å². The molecule has 0 saturated carbocycles.